The smallest absolute Gasteiger partial charge is 0.162 e. The SMILES string of the molecule is COc1cccc([C@@H](N)CCCN)c1O. The molecule has 1 rings (SSSR count). The third-order valence-corrected chi connectivity index (χ3v) is 2.37. The predicted octanol–water partition coefficient (Wildman–Crippen LogP) is 1.14. The van der Waals surface area contributed by atoms with Gasteiger partial charge in [-0.05, 0) is 25.5 Å². The summed E-state index contributed by atoms with van der Waals surface area (Å²) in [7, 11) is 1.52. The average molecular weight is 210 g/mol. The molecule has 0 fully saturated rings. The summed E-state index contributed by atoms with van der Waals surface area (Å²) in [4.78, 5) is 0. The molecule has 5 N–H and O–H groups in total. The van der Waals surface area contributed by atoms with Crippen LogP contribution >= 0.6 is 0 Å². The summed E-state index contributed by atoms with van der Waals surface area (Å²) in [6.45, 7) is 0.610. The second-order valence-electron chi connectivity index (χ2n) is 3.44. The van der Waals surface area contributed by atoms with Gasteiger partial charge in [0.05, 0.1) is 7.11 Å². The molecule has 1 aromatic rings. The Bertz CT molecular complexity index is 315. The number of ether oxygens (including phenoxy) is 1. The predicted molar refractivity (Wildman–Crippen MR) is 59.9 cm³/mol. The minimum absolute atomic E-state index is 0.129. The number of methoxy groups -OCH3 is 1. The monoisotopic (exact) mass is 210 g/mol. The summed E-state index contributed by atoms with van der Waals surface area (Å²) in [5.74, 6) is 0.584. The van der Waals surface area contributed by atoms with Gasteiger partial charge < -0.3 is 21.3 Å². The molecule has 4 heteroatoms. The van der Waals surface area contributed by atoms with E-state index in [-0.39, 0.29) is 11.8 Å². The van der Waals surface area contributed by atoms with Gasteiger partial charge in [-0.1, -0.05) is 12.1 Å². The molecule has 0 unspecified atom stereocenters. The molecule has 0 aliphatic carbocycles. The number of benzene rings is 1. The van der Waals surface area contributed by atoms with Gasteiger partial charge in [0, 0.05) is 11.6 Å². The molecule has 15 heavy (non-hydrogen) atoms. The first-order valence-corrected chi connectivity index (χ1v) is 5.02. The number of nitrogens with two attached hydrogens (primary N) is 2. The van der Waals surface area contributed by atoms with Crippen LogP contribution in [0.15, 0.2) is 18.2 Å². The molecule has 0 bridgehead atoms. The molecule has 0 aromatic heterocycles. The maximum Gasteiger partial charge on any atom is 0.162 e. The third-order valence-electron chi connectivity index (χ3n) is 2.37. The molecular weight excluding hydrogens is 192 g/mol. The molecule has 0 heterocycles. The van der Waals surface area contributed by atoms with Crippen molar-refractivity contribution in [3.05, 3.63) is 23.8 Å². The molecule has 0 aliphatic rings. The number of phenols is 1. The van der Waals surface area contributed by atoms with E-state index in [0.29, 0.717) is 17.9 Å². The summed E-state index contributed by atoms with van der Waals surface area (Å²) in [5, 5.41) is 9.82. The van der Waals surface area contributed by atoms with Crippen molar-refractivity contribution in [2.24, 2.45) is 11.5 Å². The van der Waals surface area contributed by atoms with E-state index in [4.69, 9.17) is 16.2 Å². The zero-order chi connectivity index (χ0) is 11.3. The first-order chi connectivity index (χ1) is 7.20. The van der Waals surface area contributed by atoms with Crippen molar-refractivity contribution in [2.75, 3.05) is 13.7 Å². The second-order valence-corrected chi connectivity index (χ2v) is 3.44. The maximum absolute atomic E-state index is 9.82. The Morgan fingerprint density at radius 1 is 1.47 bits per heavy atom. The number of para-hydroxylation sites is 1. The fourth-order valence-electron chi connectivity index (χ4n) is 1.50. The van der Waals surface area contributed by atoms with Gasteiger partial charge in [0.15, 0.2) is 11.5 Å². The van der Waals surface area contributed by atoms with Crippen LogP contribution in [0.25, 0.3) is 0 Å². The quantitative estimate of drug-likeness (QED) is 0.680. The van der Waals surface area contributed by atoms with Crippen molar-refractivity contribution in [3.8, 4) is 11.5 Å². The molecule has 4 nitrogen and oxygen atoms in total. The van der Waals surface area contributed by atoms with Crippen LogP contribution in [0.1, 0.15) is 24.4 Å². The molecule has 0 radical (unpaired) electrons. The van der Waals surface area contributed by atoms with Gasteiger partial charge in [0.2, 0.25) is 0 Å². The van der Waals surface area contributed by atoms with Crippen molar-refractivity contribution < 1.29 is 9.84 Å². The number of hydrogen-bond acceptors (Lipinski definition) is 4. The lowest BCUT2D eigenvalue weighted by Crippen LogP contribution is -2.12. The van der Waals surface area contributed by atoms with E-state index >= 15 is 0 Å². The summed E-state index contributed by atoms with van der Waals surface area (Å²) in [6.07, 6.45) is 1.61. The zero-order valence-electron chi connectivity index (χ0n) is 8.94. The van der Waals surface area contributed by atoms with Crippen LogP contribution in [-0.2, 0) is 0 Å². The highest BCUT2D eigenvalue weighted by Crippen LogP contribution is 2.33. The van der Waals surface area contributed by atoms with Gasteiger partial charge >= 0.3 is 0 Å². The lowest BCUT2D eigenvalue weighted by molar-refractivity contribution is 0.367. The summed E-state index contributed by atoms with van der Waals surface area (Å²) < 4.78 is 5.01. The molecule has 1 atom stereocenters. The Labute approximate surface area is 89.8 Å². The van der Waals surface area contributed by atoms with Crippen molar-refractivity contribution in [1.82, 2.24) is 0 Å². The summed E-state index contributed by atoms with van der Waals surface area (Å²) >= 11 is 0. The van der Waals surface area contributed by atoms with Gasteiger partial charge in [-0.15, -0.1) is 0 Å². The lowest BCUT2D eigenvalue weighted by Gasteiger charge is -2.14. The van der Waals surface area contributed by atoms with Crippen molar-refractivity contribution in [1.29, 1.82) is 0 Å². The van der Waals surface area contributed by atoms with Gasteiger partial charge in [-0.2, -0.15) is 0 Å². The molecule has 1 aromatic carbocycles. The molecule has 0 amide bonds. The van der Waals surface area contributed by atoms with E-state index in [1.807, 2.05) is 6.07 Å². The molecule has 0 aliphatic heterocycles. The molecule has 0 saturated carbocycles. The Balaban J connectivity index is 2.83. The molecular formula is C11H18N2O2. The maximum atomic E-state index is 9.82. The van der Waals surface area contributed by atoms with Crippen LogP contribution in [0.2, 0.25) is 0 Å². The van der Waals surface area contributed by atoms with Crippen LogP contribution in [0.5, 0.6) is 11.5 Å². The average Bonchev–Trinajstić information content (AvgIpc) is 2.26. The first kappa shape index (κ1) is 11.8. The highest BCUT2D eigenvalue weighted by molar-refractivity contribution is 5.46. The number of rotatable bonds is 5. The van der Waals surface area contributed by atoms with Crippen molar-refractivity contribution >= 4 is 0 Å². The van der Waals surface area contributed by atoms with E-state index < -0.39 is 0 Å². The minimum Gasteiger partial charge on any atom is -0.504 e. The van der Waals surface area contributed by atoms with Crippen LogP contribution in [0, 0.1) is 0 Å². The van der Waals surface area contributed by atoms with Gasteiger partial charge in [-0.3, -0.25) is 0 Å². The Kier molecular flexibility index (Phi) is 4.39. The Hall–Kier alpha value is -1.26. The van der Waals surface area contributed by atoms with E-state index in [0.717, 1.165) is 12.8 Å². The van der Waals surface area contributed by atoms with Crippen LogP contribution < -0.4 is 16.2 Å². The third kappa shape index (κ3) is 2.84. The highest BCUT2D eigenvalue weighted by atomic mass is 16.5. The first-order valence-electron chi connectivity index (χ1n) is 5.02. The van der Waals surface area contributed by atoms with E-state index in [2.05, 4.69) is 0 Å². The largest absolute Gasteiger partial charge is 0.504 e. The number of aromatic hydroxyl groups is 1. The molecule has 84 valence electrons. The van der Waals surface area contributed by atoms with Crippen molar-refractivity contribution in [2.45, 2.75) is 18.9 Å². The molecule has 0 saturated heterocycles. The van der Waals surface area contributed by atoms with E-state index in [1.165, 1.54) is 7.11 Å². The van der Waals surface area contributed by atoms with Crippen LogP contribution in [-0.4, -0.2) is 18.8 Å². The number of phenolic OH excluding ortho intramolecular Hbond substituents is 1. The molecule has 0 spiro atoms. The van der Waals surface area contributed by atoms with Crippen molar-refractivity contribution in [3.63, 3.8) is 0 Å². The highest BCUT2D eigenvalue weighted by Gasteiger charge is 2.13. The van der Waals surface area contributed by atoms with E-state index in [9.17, 15) is 5.11 Å². The minimum atomic E-state index is -0.191. The fourth-order valence-corrected chi connectivity index (χ4v) is 1.50. The zero-order valence-corrected chi connectivity index (χ0v) is 8.94. The van der Waals surface area contributed by atoms with E-state index in [1.54, 1.807) is 12.1 Å². The summed E-state index contributed by atoms with van der Waals surface area (Å²) in [5.41, 5.74) is 12.1. The topological polar surface area (TPSA) is 81.5 Å². The van der Waals surface area contributed by atoms with Gasteiger partial charge in [-0.25, -0.2) is 0 Å². The van der Waals surface area contributed by atoms with Gasteiger partial charge in [0.25, 0.3) is 0 Å². The Morgan fingerprint density at radius 3 is 2.80 bits per heavy atom. The fraction of sp³-hybridized carbons (Fsp3) is 0.455. The lowest BCUT2D eigenvalue weighted by atomic mass is 10.0. The number of hydrogen-bond donors (Lipinski definition) is 3. The summed E-state index contributed by atoms with van der Waals surface area (Å²) in [6, 6.07) is 5.13. The second kappa shape index (κ2) is 5.58. The van der Waals surface area contributed by atoms with Crippen LogP contribution in [0.4, 0.5) is 0 Å². The Morgan fingerprint density at radius 2 is 2.20 bits per heavy atom. The van der Waals surface area contributed by atoms with Gasteiger partial charge in [0.1, 0.15) is 0 Å². The standard InChI is InChI=1S/C11H18N2O2/c1-15-10-6-2-4-8(11(10)14)9(13)5-3-7-12/h2,4,6,9,14H,3,5,7,12-13H2,1H3/t9-/m0/s1. The normalized spacial score (nSPS) is 12.5. The van der Waals surface area contributed by atoms with Crippen LogP contribution in [0.3, 0.4) is 0 Å².